The molecule has 0 saturated heterocycles. The van der Waals surface area contributed by atoms with Crippen LogP contribution in [0.25, 0.3) is 0 Å². The van der Waals surface area contributed by atoms with Gasteiger partial charge in [-0.25, -0.2) is 0 Å². The number of aromatic hydroxyl groups is 1. The van der Waals surface area contributed by atoms with E-state index in [4.69, 9.17) is 0 Å². The van der Waals surface area contributed by atoms with Gasteiger partial charge in [-0.2, -0.15) is 0 Å². The van der Waals surface area contributed by atoms with Crippen LogP contribution in [0, 0.1) is 0 Å². The lowest BCUT2D eigenvalue weighted by molar-refractivity contribution is 0.475. The number of para-hydroxylation sites is 1. The molecule has 1 N–H and O–H groups in total. The molecule has 100 valence electrons. The zero-order valence-corrected chi connectivity index (χ0v) is 11.2. The van der Waals surface area contributed by atoms with Crippen molar-refractivity contribution in [2.45, 2.75) is 18.9 Å². The van der Waals surface area contributed by atoms with Gasteiger partial charge in [-0.05, 0) is 61.4 Å². The molecule has 0 bridgehead atoms. The van der Waals surface area contributed by atoms with Crippen LogP contribution in [0.15, 0.2) is 72.5 Å². The summed E-state index contributed by atoms with van der Waals surface area (Å²) >= 11 is 0. The average molecular weight is 263 g/mol. The highest BCUT2D eigenvalue weighted by atomic mass is 16.3. The van der Waals surface area contributed by atoms with Crippen molar-refractivity contribution in [1.29, 1.82) is 0 Å². The Morgan fingerprint density at radius 1 is 0.850 bits per heavy atom. The Labute approximate surface area is 119 Å². The summed E-state index contributed by atoms with van der Waals surface area (Å²) in [4.78, 5) is 2.33. The van der Waals surface area contributed by atoms with E-state index in [0.29, 0.717) is 11.8 Å². The van der Waals surface area contributed by atoms with Gasteiger partial charge in [0.15, 0.2) is 0 Å². The highest BCUT2D eigenvalue weighted by molar-refractivity contribution is 5.65. The van der Waals surface area contributed by atoms with Crippen molar-refractivity contribution >= 4 is 11.4 Å². The molecular weight excluding hydrogens is 246 g/mol. The van der Waals surface area contributed by atoms with Gasteiger partial charge < -0.3 is 10.0 Å². The molecule has 0 unspecified atom stereocenters. The quantitative estimate of drug-likeness (QED) is 0.829. The van der Waals surface area contributed by atoms with Gasteiger partial charge >= 0.3 is 0 Å². The summed E-state index contributed by atoms with van der Waals surface area (Å²) in [6, 6.07) is 18.2. The minimum absolute atomic E-state index is 0.296. The van der Waals surface area contributed by atoms with E-state index in [1.807, 2.05) is 18.2 Å². The molecule has 2 aromatic carbocycles. The van der Waals surface area contributed by atoms with Crippen LogP contribution in [0.4, 0.5) is 11.4 Å². The molecule has 1 aliphatic carbocycles. The topological polar surface area (TPSA) is 23.5 Å². The summed E-state index contributed by atoms with van der Waals surface area (Å²) in [6.45, 7) is 0. The minimum atomic E-state index is 0.296. The first-order valence-electron chi connectivity index (χ1n) is 6.87. The lowest BCUT2D eigenvalue weighted by Crippen LogP contribution is -2.30. The molecule has 0 spiro atoms. The van der Waals surface area contributed by atoms with E-state index in [1.165, 1.54) is 5.69 Å². The fraction of sp³-hybridized carbons (Fsp3) is 0.167. The third kappa shape index (κ3) is 2.61. The van der Waals surface area contributed by atoms with Gasteiger partial charge in [0.2, 0.25) is 0 Å². The van der Waals surface area contributed by atoms with Crippen molar-refractivity contribution in [3.8, 4) is 5.75 Å². The molecule has 0 atom stereocenters. The summed E-state index contributed by atoms with van der Waals surface area (Å²) < 4.78 is 0. The smallest absolute Gasteiger partial charge is 0.115 e. The van der Waals surface area contributed by atoms with E-state index in [0.717, 1.165) is 18.5 Å². The fourth-order valence-corrected chi connectivity index (χ4v) is 2.57. The molecule has 0 radical (unpaired) electrons. The van der Waals surface area contributed by atoms with Gasteiger partial charge in [0, 0.05) is 17.4 Å². The predicted molar refractivity (Wildman–Crippen MR) is 82.4 cm³/mol. The first kappa shape index (κ1) is 12.6. The van der Waals surface area contributed by atoms with E-state index in [2.05, 4.69) is 47.0 Å². The van der Waals surface area contributed by atoms with E-state index in [9.17, 15) is 5.11 Å². The van der Waals surface area contributed by atoms with Crippen LogP contribution in [0.1, 0.15) is 12.8 Å². The second-order valence-electron chi connectivity index (χ2n) is 4.92. The molecule has 20 heavy (non-hydrogen) atoms. The van der Waals surface area contributed by atoms with Crippen molar-refractivity contribution in [1.82, 2.24) is 0 Å². The van der Waals surface area contributed by atoms with E-state index in [-0.39, 0.29) is 0 Å². The number of nitrogens with zero attached hydrogens (tertiary/aromatic N) is 1. The largest absolute Gasteiger partial charge is 0.508 e. The Morgan fingerprint density at radius 2 is 1.45 bits per heavy atom. The Morgan fingerprint density at radius 3 is 2.10 bits per heavy atom. The van der Waals surface area contributed by atoms with Gasteiger partial charge in [-0.3, -0.25) is 0 Å². The summed E-state index contributed by atoms with van der Waals surface area (Å²) in [5.41, 5.74) is 5.44. The van der Waals surface area contributed by atoms with Gasteiger partial charge in [-0.15, -0.1) is 5.73 Å². The zero-order valence-electron chi connectivity index (χ0n) is 11.2. The lowest BCUT2D eigenvalue weighted by atomic mass is 10.0. The van der Waals surface area contributed by atoms with E-state index < -0.39 is 0 Å². The molecule has 0 aliphatic heterocycles. The number of phenols is 1. The normalized spacial score (nSPS) is 14.4. The van der Waals surface area contributed by atoms with Crippen molar-refractivity contribution in [2.75, 3.05) is 4.90 Å². The maximum Gasteiger partial charge on any atom is 0.115 e. The second kappa shape index (κ2) is 5.68. The number of phenolic OH excluding ortho intramolecular Hbond substituents is 1. The number of benzene rings is 2. The van der Waals surface area contributed by atoms with Crippen LogP contribution in [-0.4, -0.2) is 11.1 Å². The van der Waals surface area contributed by atoms with Crippen molar-refractivity contribution in [2.24, 2.45) is 0 Å². The van der Waals surface area contributed by atoms with Crippen LogP contribution in [0.2, 0.25) is 0 Å². The Hall–Kier alpha value is -2.44. The average Bonchev–Trinajstić information content (AvgIpc) is 2.52. The van der Waals surface area contributed by atoms with Crippen molar-refractivity contribution < 1.29 is 5.11 Å². The van der Waals surface area contributed by atoms with Gasteiger partial charge in [0.05, 0.1) is 0 Å². The summed E-state index contributed by atoms with van der Waals surface area (Å²) in [7, 11) is 0. The minimum Gasteiger partial charge on any atom is -0.508 e. The van der Waals surface area contributed by atoms with Crippen LogP contribution in [0.5, 0.6) is 5.75 Å². The summed E-state index contributed by atoms with van der Waals surface area (Å²) in [6.07, 6.45) is 6.13. The summed E-state index contributed by atoms with van der Waals surface area (Å²) in [5, 5.41) is 9.48. The molecule has 0 fully saturated rings. The predicted octanol–water partition coefficient (Wildman–Crippen LogP) is 4.40. The molecule has 0 amide bonds. The van der Waals surface area contributed by atoms with Gasteiger partial charge in [0.1, 0.15) is 5.75 Å². The Kier molecular flexibility index (Phi) is 3.58. The third-order valence-corrected chi connectivity index (χ3v) is 3.54. The number of hydrogen-bond donors (Lipinski definition) is 1. The molecule has 3 rings (SSSR count). The fourth-order valence-electron chi connectivity index (χ4n) is 2.57. The molecule has 0 aromatic heterocycles. The molecule has 2 nitrogen and oxygen atoms in total. The molecule has 2 heteroatoms. The highest BCUT2D eigenvalue weighted by Crippen LogP contribution is 2.32. The standard InChI is InChI=1S/C18H17NO/c20-18-13-11-17(12-14-18)19(15-7-3-1-4-8-15)16-9-5-2-6-10-16/h1,3-8,11-14,16,20H,9-10H2. The first-order chi connectivity index (χ1) is 9.84. The Balaban J connectivity index is 1.99. The number of rotatable bonds is 3. The molecule has 0 heterocycles. The monoisotopic (exact) mass is 263 g/mol. The van der Waals surface area contributed by atoms with Crippen LogP contribution in [-0.2, 0) is 0 Å². The first-order valence-corrected chi connectivity index (χ1v) is 6.87. The van der Waals surface area contributed by atoms with Crippen LogP contribution < -0.4 is 4.90 Å². The highest BCUT2D eigenvalue weighted by Gasteiger charge is 2.19. The van der Waals surface area contributed by atoms with Crippen molar-refractivity contribution in [3.63, 3.8) is 0 Å². The maximum absolute atomic E-state index is 9.48. The third-order valence-electron chi connectivity index (χ3n) is 3.54. The number of anilines is 2. The number of hydrogen-bond acceptors (Lipinski definition) is 2. The van der Waals surface area contributed by atoms with Gasteiger partial charge in [0.25, 0.3) is 0 Å². The second-order valence-corrected chi connectivity index (χ2v) is 4.92. The maximum atomic E-state index is 9.48. The Bertz CT molecular complexity index is 614. The van der Waals surface area contributed by atoms with E-state index >= 15 is 0 Å². The van der Waals surface area contributed by atoms with E-state index in [1.54, 1.807) is 12.1 Å². The zero-order chi connectivity index (χ0) is 13.8. The van der Waals surface area contributed by atoms with Gasteiger partial charge in [-0.1, -0.05) is 18.2 Å². The van der Waals surface area contributed by atoms with Crippen LogP contribution >= 0.6 is 0 Å². The molecular formula is C18H17NO. The SMILES string of the molecule is Oc1ccc(N(c2ccccc2)C2CC=C=CC2)cc1. The molecule has 0 saturated carbocycles. The summed E-state index contributed by atoms with van der Waals surface area (Å²) in [5.74, 6) is 0.296. The molecule has 1 aliphatic rings. The van der Waals surface area contributed by atoms with Crippen LogP contribution in [0.3, 0.4) is 0 Å². The lowest BCUT2D eigenvalue weighted by Gasteiger charge is -2.33. The van der Waals surface area contributed by atoms with Crippen molar-refractivity contribution in [3.05, 3.63) is 72.5 Å². The molecule has 2 aromatic rings.